The van der Waals surface area contributed by atoms with E-state index < -0.39 is 0 Å². The van der Waals surface area contributed by atoms with Crippen molar-refractivity contribution in [3.8, 4) is 5.75 Å². The summed E-state index contributed by atoms with van der Waals surface area (Å²) in [5.41, 5.74) is 1.37. The molecular weight excluding hydrogens is 286 g/mol. The Bertz CT molecular complexity index is 628. The van der Waals surface area contributed by atoms with Crippen LogP contribution in [0.3, 0.4) is 0 Å². The summed E-state index contributed by atoms with van der Waals surface area (Å²) < 4.78 is 5.52. The molecule has 1 aliphatic rings. The van der Waals surface area contributed by atoms with Gasteiger partial charge in [0, 0.05) is 17.5 Å². The van der Waals surface area contributed by atoms with Gasteiger partial charge in [-0.15, -0.1) is 0 Å². The zero-order valence-electron chi connectivity index (χ0n) is 12.0. The Morgan fingerprint density at radius 2 is 2.10 bits per heavy atom. The van der Waals surface area contributed by atoms with Crippen molar-refractivity contribution < 1.29 is 4.74 Å². The van der Waals surface area contributed by atoms with Crippen LogP contribution in [0.1, 0.15) is 24.8 Å². The highest BCUT2D eigenvalue weighted by molar-refractivity contribution is 6.29. The minimum atomic E-state index is 0.108. The normalized spacial score (nSPS) is 16.1. The molecule has 1 aromatic carbocycles. The summed E-state index contributed by atoms with van der Waals surface area (Å²) in [6.45, 7) is 0.808. The van der Waals surface area contributed by atoms with E-state index in [1.165, 1.54) is 18.2 Å². The molecule has 1 aliphatic carbocycles. The zero-order valence-corrected chi connectivity index (χ0v) is 12.7. The van der Waals surface area contributed by atoms with Crippen LogP contribution in [0.4, 0.5) is 5.82 Å². The van der Waals surface area contributed by atoms with Crippen molar-refractivity contribution >= 4 is 17.4 Å². The van der Waals surface area contributed by atoms with E-state index in [-0.39, 0.29) is 5.41 Å². The van der Waals surface area contributed by atoms with Crippen molar-refractivity contribution in [2.24, 2.45) is 0 Å². The predicted octanol–water partition coefficient (Wildman–Crippen LogP) is 3.67. The molecule has 0 radical (unpaired) electrons. The first-order valence-corrected chi connectivity index (χ1v) is 7.46. The fourth-order valence-corrected chi connectivity index (χ4v) is 3.06. The van der Waals surface area contributed by atoms with Crippen molar-refractivity contribution in [1.29, 1.82) is 0 Å². The van der Waals surface area contributed by atoms with Crippen LogP contribution in [0.25, 0.3) is 0 Å². The average Bonchev–Trinajstić information content (AvgIpc) is 2.47. The molecular formula is C16H18ClN3O. The maximum absolute atomic E-state index is 5.87. The Labute approximate surface area is 129 Å². The van der Waals surface area contributed by atoms with E-state index in [9.17, 15) is 0 Å². The number of ether oxygens (including phenoxy) is 1. The molecule has 1 saturated carbocycles. The van der Waals surface area contributed by atoms with Gasteiger partial charge in [0.05, 0.1) is 19.5 Å². The van der Waals surface area contributed by atoms with Crippen LogP contribution in [0.15, 0.2) is 36.7 Å². The SMILES string of the molecule is COc1ccccc1C1(CNc2cncc(Cl)n2)CCC1. The van der Waals surface area contributed by atoms with Crippen molar-refractivity contribution in [2.45, 2.75) is 24.7 Å². The molecule has 2 aromatic rings. The van der Waals surface area contributed by atoms with Crippen LogP contribution in [0.2, 0.25) is 5.15 Å². The highest BCUT2D eigenvalue weighted by Gasteiger charge is 2.40. The van der Waals surface area contributed by atoms with Crippen molar-refractivity contribution in [1.82, 2.24) is 9.97 Å². The highest BCUT2D eigenvalue weighted by Crippen LogP contribution is 2.47. The highest BCUT2D eigenvalue weighted by atomic mass is 35.5. The average molecular weight is 304 g/mol. The smallest absolute Gasteiger partial charge is 0.149 e. The lowest BCUT2D eigenvalue weighted by Crippen LogP contribution is -2.41. The molecule has 1 aromatic heterocycles. The lowest BCUT2D eigenvalue weighted by Gasteiger charge is -2.43. The number of aromatic nitrogens is 2. The maximum Gasteiger partial charge on any atom is 0.149 e. The van der Waals surface area contributed by atoms with Crippen LogP contribution in [-0.2, 0) is 5.41 Å². The van der Waals surface area contributed by atoms with Crippen LogP contribution >= 0.6 is 11.6 Å². The second-order valence-electron chi connectivity index (χ2n) is 5.41. The number of halogens is 1. The first kappa shape index (κ1) is 14.1. The van der Waals surface area contributed by atoms with Gasteiger partial charge in [0.15, 0.2) is 0 Å². The van der Waals surface area contributed by atoms with E-state index in [0.717, 1.165) is 25.1 Å². The van der Waals surface area contributed by atoms with Crippen LogP contribution in [-0.4, -0.2) is 23.6 Å². The van der Waals surface area contributed by atoms with Gasteiger partial charge in [-0.3, -0.25) is 4.98 Å². The van der Waals surface area contributed by atoms with Crippen molar-refractivity contribution in [2.75, 3.05) is 19.0 Å². The Morgan fingerprint density at radius 3 is 2.76 bits per heavy atom. The van der Waals surface area contributed by atoms with Crippen molar-refractivity contribution in [3.05, 3.63) is 47.4 Å². The first-order chi connectivity index (χ1) is 10.2. The molecule has 4 nitrogen and oxygen atoms in total. The third-order valence-corrected chi connectivity index (χ3v) is 4.38. The van der Waals surface area contributed by atoms with Gasteiger partial charge in [-0.05, 0) is 18.9 Å². The number of rotatable bonds is 5. The van der Waals surface area contributed by atoms with E-state index in [1.54, 1.807) is 13.3 Å². The van der Waals surface area contributed by atoms with Crippen LogP contribution < -0.4 is 10.1 Å². The van der Waals surface area contributed by atoms with Gasteiger partial charge in [-0.1, -0.05) is 36.2 Å². The third-order valence-electron chi connectivity index (χ3n) is 4.20. The summed E-state index contributed by atoms with van der Waals surface area (Å²) in [6, 6.07) is 8.25. The Kier molecular flexibility index (Phi) is 3.97. The Hall–Kier alpha value is -1.81. The van der Waals surface area contributed by atoms with Gasteiger partial charge in [0.2, 0.25) is 0 Å². The minimum Gasteiger partial charge on any atom is -0.496 e. The summed E-state index contributed by atoms with van der Waals surface area (Å²) in [5.74, 6) is 1.67. The zero-order chi connectivity index (χ0) is 14.7. The minimum absolute atomic E-state index is 0.108. The fraction of sp³-hybridized carbons (Fsp3) is 0.375. The van der Waals surface area contributed by atoms with Gasteiger partial charge in [0.25, 0.3) is 0 Å². The molecule has 0 unspecified atom stereocenters. The molecule has 0 saturated heterocycles. The topological polar surface area (TPSA) is 47.0 Å². The fourth-order valence-electron chi connectivity index (χ4n) is 2.91. The molecule has 21 heavy (non-hydrogen) atoms. The molecule has 110 valence electrons. The van der Waals surface area contributed by atoms with Gasteiger partial charge in [-0.2, -0.15) is 0 Å². The number of hydrogen-bond donors (Lipinski definition) is 1. The molecule has 1 heterocycles. The number of nitrogens with zero attached hydrogens (tertiary/aromatic N) is 2. The van der Waals surface area contributed by atoms with Crippen molar-refractivity contribution in [3.63, 3.8) is 0 Å². The number of benzene rings is 1. The second-order valence-corrected chi connectivity index (χ2v) is 5.80. The second kappa shape index (κ2) is 5.90. The van der Waals surface area contributed by atoms with Gasteiger partial charge in [0.1, 0.15) is 16.7 Å². The predicted molar refractivity (Wildman–Crippen MR) is 84.1 cm³/mol. The molecule has 1 N–H and O–H groups in total. The summed E-state index contributed by atoms with van der Waals surface area (Å²) >= 11 is 5.87. The molecule has 0 atom stereocenters. The standard InChI is InChI=1S/C16H18ClN3O/c1-21-13-6-3-2-5-12(13)16(7-4-8-16)11-19-15-10-18-9-14(17)20-15/h2-3,5-6,9-10H,4,7-8,11H2,1H3,(H,19,20). The largest absolute Gasteiger partial charge is 0.496 e. The molecule has 1 fully saturated rings. The quantitative estimate of drug-likeness (QED) is 0.915. The van der Waals surface area contributed by atoms with Gasteiger partial charge >= 0.3 is 0 Å². The van der Waals surface area contributed by atoms with E-state index in [0.29, 0.717) is 11.0 Å². The van der Waals surface area contributed by atoms with E-state index >= 15 is 0 Å². The van der Waals surface area contributed by atoms with Gasteiger partial charge < -0.3 is 10.1 Å². The van der Waals surface area contributed by atoms with Gasteiger partial charge in [-0.25, -0.2) is 4.98 Å². The molecule has 0 spiro atoms. The number of hydrogen-bond acceptors (Lipinski definition) is 4. The molecule has 3 rings (SSSR count). The number of methoxy groups -OCH3 is 1. The molecule has 0 aliphatic heterocycles. The molecule has 0 bridgehead atoms. The first-order valence-electron chi connectivity index (χ1n) is 7.08. The summed E-state index contributed by atoms with van der Waals surface area (Å²) in [5, 5.41) is 3.77. The molecule has 5 heteroatoms. The van der Waals surface area contributed by atoms with Crippen LogP contribution in [0, 0.1) is 0 Å². The Balaban J connectivity index is 1.81. The molecule has 0 amide bonds. The summed E-state index contributed by atoms with van der Waals surface area (Å²) in [6.07, 6.45) is 6.76. The third kappa shape index (κ3) is 2.81. The lowest BCUT2D eigenvalue weighted by atomic mass is 9.64. The monoisotopic (exact) mass is 303 g/mol. The number of nitrogens with one attached hydrogen (secondary N) is 1. The summed E-state index contributed by atoms with van der Waals surface area (Å²) in [4.78, 5) is 8.29. The van der Waals surface area contributed by atoms with E-state index in [2.05, 4.69) is 27.4 Å². The van der Waals surface area contributed by atoms with E-state index in [1.807, 2.05) is 12.1 Å². The number of anilines is 1. The maximum atomic E-state index is 5.87. The van der Waals surface area contributed by atoms with Crippen LogP contribution in [0.5, 0.6) is 5.75 Å². The summed E-state index contributed by atoms with van der Waals surface area (Å²) in [7, 11) is 1.72. The Morgan fingerprint density at radius 1 is 1.29 bits per heavy atom. The van der Waals surface area contributed by atoms with E-state index in [4.69, 9.17) is 16.3 Å². The lowest BCUT2D eigenvalue weighted by molar-refractivity contribution is 0.250. The number of para-hydroxylation sites is 1.